The van der Waals surface area contributed by atoms with E-state index in [1.165, 1.54) is 54.6 Å². The van der Waals surface area contributed by atoms with E-state index >= 15 is 0 Å². The van der Waals surface area contributed by atoms with Crippen LogP contribution in [0.25, 0.3) is 0 Å². The first-order chi connectivity index (χ1) is 16.5. The Labute approximate surface area is 199 Å². The van der Waals surface area contributed by atoms with Crippen LogP contribution < -0.4 is 10.9 Å². The predicted molar refractivity (Wildman–Crippen MR) is 121 cm³/mol. The number of rotatable bonds is 6. The zero-order valence-electron chi connectivity index (χ0n) is 19.2. The number of aromatic nitrogens is 3. The molecule has 0 unspecified atom stereocenters. The summed E-state index contributed by atoms with van der Waals surface area (Å²) in [6.45, 7) is 1.75. The Balaban J connectivity index is 1.42. The number of piperidine rings is 1. The van der Waals surface area contributed by atoms with Crippen LogP contribution >= 0.6 is 0 Å². The van der Waals surface area contributed by atoms with E-state index in [0.717, 1.165) is 6.07 Å². The summed E-state index contributed by atoms with van der Waals surface area (Å²) in [5.74, 6) is -5.70. The van der Waals surface area contributed by atoms with Gasteiger partial charge >= 0.3 is 0 Å². The third-order valence-corrected chi connectivity index (χ3v) is 6.27. The normalized spacial score (nSPS) is 18.9. The van der Waals surface area contributed by atoms with Crippen LogP contribution in [0.4, 0.5) is 23.4 Å². The molecular formula is C24H25F4N5O2. The quantitative estimate of drug-likeness (QED) is 0.537. The van der Waals surface area contributed by atoms with Gasteiger partial charge in [0.25, 0.3) is 5.92 Å². The second kappa shape index (κ2) is 9.65. The van der Waals surface area contributed by atoms with Gasteiger partial charge in [-0.3, -0.25) is 14.5 Å². The third-order valence-electron chi connectivity index (χ3n) is 6.27. The highest BCUT2D eigenvalue weighted by Crippen LogP contribution is 2.40. The first-order valence-electron chi connectivity index (χ1n) is 11.1. The molecule has 2 aromatic heterocycles. The van der Waals surface area contributed by atoms with Gasteiger partial charge in [-0.1, -0.05) is 6.07 Å². The molecule has 1 aliphatic rings. The van der Waals surface area contributed by atoms with Gasteiger partial charge in [-0.2, -0.15) is 0 Å². The molecule has 35 heavy (non-hydrogen) atoms. The Kier molecular flexibility index (Phi) is 6.79. The summed E-state index contributed by atoms with van der Waals surface area (Å²) in [6.07, 6.45) is 3.93. The molecule has 1 amide bonds. The number of amides is 1. The lowest BCUT2D eigenvalue weighted by atomic mass is 9.87. The Hall–Kier alpha value is -3.47. The summed E-state index contributed by atoms with van der Waals surface area (Å²) >= 11 is 0. The van der Waals surface area contributed by atoms with Gasteiger partial charge in [-0.25, -0.2) is 22.5 Å². The zero-order chi connectivity index (χ0) is 25.3. The van der Waals surface area contributed by atoms with Gasteiger partial charge in [0.05, 0.1) is 18.3 Å². The highest BCUT2D eigenvalue weighted by atomic mass is 19.3. The van der Waals surface area contributed by atoms with Crippen molar-refractivity contribution in [2.24, 2.45) is 7.05 Å². The van der Waals surface area contributed by atoms with Gasteiger partial charge in [0.15, 0.2) is 5.82 Å². The average Bonchev–Trinajstić information content (AvgIpc) is 3.21. The Morgan fingerprint density at radius 1 is 1.20 bits per heavy atom. The van der Waals surface area contributed by atoms with E-state index in [2.05, 4.69) is 10.3 Å². The Morgan fingerprint density at radius 3 is 2.60 bits per heavy atom. The molecule has 1 aromatic carbocycles. The molecule has 1 saturated heterocycles. The van der Waals surface area contributed by atoms with Crippen molar-refractivity contribution in [1.82, 2.24) is 19.0 Å². The van der Waals surface area contributed by atoms with Gasteiger partial charge in [-0.15, -0.1) is 0 Å². The molecule has 0 spiro atoms. The maximum absolute atomic E-state index is 14.7. The fourth-order valence-corrected chi connectivity index (χ4v) is 4.27. The molecule has 11 heteroatoms. The molecule has 1 N–H and O–H groups in total. The highest BCUT2D eigenvalue weighted by Gasteiger charge is 2.46. The third kappa shape index (κ3) is 5.61. The minimum Gasteiger partial charge on any atom is -0.331 e. The molecule has 186 valence electrons. The van der Waals surface area contributed by atoms with E-state index in [4.69, 9.17) is 0 Å². The van der Waals surface area contributed by atoms with E-state index in [1.54, 1.807) is 16.4 Å². The van der Waals surface area contributed by atoms with Gasteiger partial charge in [0.2, 0.25) is 11.5 Å². The number of carbonyl (C=O) groups is 1. The first kappa shape index (κ1) is 24.6. The largest absolute Gasteiger partial charge is 0.331 e. The summed E-state index contributed by atoms with van der Waals surface area (Å²) in [5.41, 5.74) is 0.436. The second-order valence-corrected chi connectivity index (χ2v) is 8.84. The number of halogens is 4. The molecule has 1 fully saturated rings. The van der Waals surface area contributed by atoms with E-state index in [-0.39, 0.29) is 31.0 Å². The van der Waals surface area contributed by atoms with E-state index < -0.39 is 41.8 Å². The highest BCUT2D eigenvalue weighted by molar-refractivity contribution is 5.93. The minimum atomic E-state index is -2.97. The lowest BCUT2D eigenvalue weighted by molar-refractivity contribution is -0.125. The molecule has 3 heterocycles. The molecule has 7 nitrogen and oxygen atoms in total. The summed E-state index contributed by atoms with van der Waals surface area (Å²) in [4.78, 5) is 30.3. The molecule has 0 saturated carbocycles. The molecule has 1 aliphatic heterocycles. The number of benzene rings is 1. The molecule has 4 rings (SSSR count). The van der Waals surface area contributed by atoms with Crippen molar-refractivity contribution in [2.75, 3.05) is 18.4 Å². The monoisotopic (exact) mass is 491 g/mol. The number of imidazole rings is 1. The van der Waals surface area contributed by atoms with Crippen molar-refractivity contribution in [1.29, 1.82) is 0 Å². The summed E-state index contributed by atoms with van der Waals surface area (Å²) in [7, 11) is 1.50. The summed E-state index contributed by atoms with van der Waals surface area (Å²) in [5, 5.41) is 2.67. The lowest BCUT2D eigenvalue weighted by Gasteiger charge is -2.40. The van der Waals surface area contributed by atoms with E-state index in [0.29, 0.717) is 11.1 Å². The lowest BCUT2D eigenvalue weighted by Crippen LogP contribution is -2.52. The van der Waals surface area contributed by atoms with E-state index in [1.807, 2.05) is 0 Å². The van der Waals surface area contributed by atoms with Gasteiger partial charge < -0.3 is 14.5 Å². The van der Waals surface area contributed by atoms with Crippen LogP contribution in [-0.4, -0.2) is 50.0 Å². The fourth-order valence-electron chi connectivity index (χ4n) is 4.27. The van der Waals surface area contributed by atoms with Gasteiger partial charge in [-0.05, 0) is 30.2 Å². The predicted octanol–water partition coefficient (Wildman–Crippen LogP) is 3.36. The number of aryl methyl sites for hydroxylation is 1. The zero-order valence-corrected chi connectivity index (χ0v) is 19.2. The van der Waals surface area contributed by atoms with Crippen molar-refractivity contribution < 1.29 is 22.4 Å². The second-order valence-electron chi connectivity index (χ2n) is 8.84. The molecular weight excluding hydrogens is 466 g/mol. The Morgan fingerprint density at radius 2 is 1.91 bits per heavy atom. The first-order valence-corrected chi connectivity index (χ1v) is 11.1. The minimum absolute atomic E-state index is 0.0312. The number of carbonyl (C=O) groups excluding carboxylic acids is 1. The van der Waals surface area contributed by atoms with Crippen LogP contribution in [-0.2, 0) is 18.4 Å². The molecule has 0 bridgehead atoms. The standard InChI is InChI=1S/C24H25F4N5O2/c1-15(33-6-5-24(27,28)20(12-33)17-3-4-22(34)31(2)11-17)23(35)30-21-13-32(14-29-21)10-16-7-18(25)9-19(26)8-16/h3-4,7-9,11,13-15,20H,5-6,10,12H2,1-2H3,(H,30,35)/t15-,20+/m0/s1. The summed E-state index contributed by atoms with van der Waals surface area (Å²) in [6, 6.07) is 5.14. The fraction of sp³-hybridized carbons (Fsp3) is 0.375. The number of anilines is 1. The van der Waals surface area contributed by atoms with Gasteiger partial charge in [0.1, 0.15) is 11.6 Å². The molecule has 2 atom stereocenters. The SMILES string of the molecule is C[C@@H](C(=O)Nc1cn(Cc2cc(F)cc(F)c2)cn1)N1CCC(F)(F)[C@@H](c2ccc(=O)n(C)c2)C1. The van der Waals surface area contributed by atoms with Gasteiger partial charge in [0, 0.05) is 57.6 Å². The van der Waals surface area contributed by atoms with Crippen molar-refractivity contribution >= 4 is 11.7 Å². The van der Waals surface area contributed by atoms with Crippen LogP contribution in [0.2, 0.25) is 0 Å². The topological polar surface area (TPSA) is 72.2 Å². The van der Waals surface area contributed by atoms with Crippen LogP contribution in [0, 0.1) is 11.6 Å². The maximum atomic E-state index is 14.7. The van der Waals surface area contributed by atoms with Crippen LogP contribution in [0.15, 0.2) is 53.8 Å². The summed E-state index contributed by atoms with van der Waals surface area (Å²) < 4.78 is 59.1. The van der Waals surface area contributed by atoms with Crippen LogP contribution in [0.5, 0.6) is 0 Å². The van der Waals surface area contributed by atoms with Crippen LogP contribution in [0.1, 0.15) is 30.4 Å². The number of alkyl halides is 2. The number of hydrogen-bond donors (Lipinski definition) is 1. The number of likely N-dealkylation sites (tertiary alicyclic amines) is 1. The molecule has 0 aliphatic carbocycles. The van der Waals surface area contributed by atoms with Crippen molar-refractivity contribution in [3.63, 3.8) is 0 Å². The van der Waals surface area contributed by atoms with E-state index in [9.17, 15) is 27.2 Å². The number of pyridine rings is 1. The van der Waals surface area contributed by atoms with Crippen LogP contribution in [0.3, 0.4) is 0 Å². The molecule has 3 aromatic rings. The maximum Gasteiger partial charge on any atom is 0.257 e. The molecule has 0 radical (unpaired) electrons. The van der Waals surface area contributed by atoms with Crippen molar-refractivity contribution in [3.8, 4) is 0 Å². The number of hydrogen-bond acceptors (Lipinski definition) is 4. The Bertz CT molecular complexity index is 1270. The number of nitrogens with one attached hydrogen (secondary N) is 1. The van der Waals surface area contributed by atoms with Crippen molar-refractivity contribution in [2.45, 2.75) is 37.8 Å². The average molecular weight is 491 g/mol. The van der Waals surface area contributed by atoms with Crippen molar-refractivity contribution in [3.05, 3.63) is 82.2 Å². The number of nitrogens with zero attached hydrogens (tertiary/aromatic N) is 4. The smallest absolute Gasteiger partial charge is 0.257 e.